The molecule has 1 aromatic carbocycles. The van der Waals surface area contributed by atoms with Gasteiger partial charge in [-0.25, -0.2) is 0 Å². The van der Waals surface area contributed by atoms with E-state index in [0.717, 1.165) is 18.6 Å². The number of nitrogens with zero attached hydrogens (tertiary/aromatic N) is 1. The Morgan fingerprint density at radius 2 is 1.84 bits per heavy atom. The Balaban J connectivity index is 1.19. The summed E-state index contributed by atoms with van der Waals surface area (Å²) < 4.78 is 17.1. The summed E-state index contributed by atoms with van der Waals surface area (Å²) in [5, 5.41) is 13.8. The molecule has 1 spiro atoms. The van der Waals surface area contributed by atoms with E-state index in [2.05, 4.69) is 5.32 Å². The lowest BCUT2D eigenvalue weighted by Crippen LogP contribution is -2.52. The summed E-state index contributed by atoms with van der Waals surface area (Å²) in [6.45, 7) is 2.82. The number of benzene rings is 1. The SMILES string of the molecule is O=C(NCC1(O)CCC2(CC1)OCCO2)[C@@H]1CCCN(C(=O)CCOc2ccccc2)C1. The van der Waals surface area contributed by atoms with Crippen LogP contribution in [0.4, 0.5) is 0 Å². The third kappa shape index (κ3) is 5.79. The molecule has 8 nitrogen and oxygen atoms in total. The van der Waals surface area contributed by atoms with Gasteiger partial charge in [0.05, 0.1) is 37.8 Å². The fourth-order valence-electron chi connectivity index (χ4n) is 4.80. The molecular formula is C24H34N2O6. The van der Waals surface area contributed by atoms with Crippen molar-refractivity contribution in [3.8, 4) is 5.75 Å². The maximum absolute atomic E-state index is 12.8. The van der Waals surface area contributed by atoms with Gasteiger partial charge in [0.25, 0.3) is 0 Å². The zero-order valence-electron chi connectivity index (χ0n) is 18.6. The Morgan fingerprint density at radius 1 is 1.12 bits per heavy atom. The Hall–Kier alpha value is -2.16. The second-order valence-electron chi connectivity index (χ2n) is 9.14. The van der Waals surface area contributed by atoms with E-state index in [9.17, 15) is 14.7 Å². The lowest BCUT2D eigenvalue weighted by Gasteiger charge is -2.41. The van der Waals surface area contributed by atoms with Crippen molar-refractivity contribution in [3.05, 3.63) is 30.3 Å². The maximum atomic E-state index is 12.8. The van der Waals surface area contributed by atoms with Crippen LogP contribution in [-0.4, -0.2) is 72.7 Å². The second-order valence-corrected chi connectivity index (χ2v) is 9.14. The van der Waals surface area contributed by atoms with Gasteiger partial charge in [0.15, 0.2) is 5.79 Å². The Morgan fingerprint density at radius 3 is 2.56 bits per heavy atom. The molecule has 8 heteroatoms. The van der Waals surface area contributed by atoms with Gasteiger partial charge >= 0.3 is 0 Å². The van der Waals surface area contributed by atoms with Gasteiger partial charge in [-0.2, -0.15) is 0 Å². The van der Waals surface area contributed by atoms with Crippen LogP contribution >= 0.6 is 0 Å². The summed E-state index contributed by atoms with van der Waals surface area (Å²) in [6, 6.07) is 9.42. The minimum absolute atomic E-state index is 0.00574. The van der Waals surface area contributed by atoms with E-state index in [-0.39, 0.29) is 30.7 Å². The standard InChI is InChI=1S/C24H34N2O6/c27-21(8-14-30-20-6-2-1-3-7-20)26-13-4-5-19(17-26)22(28)25-18-23(29)9-11-24(12-10-23)31-15-16-32-24/h1-3,6-7,19,29H,4-5,8-18H2,(H,25,28)/t19-/m1/s1. The van der Waals surface area contributed by atoms with Crippen LogP contribution in [0.2, 0.25) is 0 Å². The van der Waals surface area contributed by atoms with E-state index >= 15 is 0 Å². The average Bonchev–Trinajstić information content (AvgIpc) is 3.29. The minimum atomic E-state index is -0.935. The Labute approximate surface area is 189 Å². The number of rotatable bonds is 7. The molecule has 1 saturated carbocycles. The molecule has 32 heavy (non-hydrogen) atoms. The van der Waals surface area contributed by atoms with Crippen molar-refractivity contribution in [2.45, 2.75) is 56.3 Å². The van der Waals surface area contributed by atoms with E-state index in [4.69, 9.17) is 14.2 Å². The first kappa shape index (κ1) is 23.0. The number of carbonyl (C=O) groups is 2. The van der Waals surface area contributed by atoms with Crippen molar-refractivity contribution in [2.75, 3.05) is 39.5 Å². The molecule has 0 radical (unpaired) electrons. The second kappa shape index (κ2) is 10.2. The predicted octanol–water partition coefficient (Wildman–Crippen LogP) is 1.86. The highest BCUT2D eigenvalue weighted by molar-refractivity contribution is 5.81. The minimum Gasteiger partial charge on any atom is -0.493 e. The molecule has 176 valence electrons. The quantitative estimate of drug-likeness (QED) is 0.664. The van der Waals surface area contributed by atoms with Crippen molar-refractivity contribution in [1.29, 1.82) is 0 Å². The molecule has 0 unspecified atom stereocenters. The first-order valence-corrected chi connectivity index (χ1v) is 11.7. The molecule has 2 amide bonds. The van der Waals surface area contributed by atoms with Gasteiger partial charge in [-0.05, 0) is 37.8 Å². The molecule has 2 heterocycles. The van der Waals surface area contributed by atoms with Crippen LogP contribution in [-0.2, 0) is 19.1 Å². The molecule has 3 aliphatic rings. The number of likely N-dealkylation sites (tertiary alicyclic amines) is 1. The molecule has 1 aromatic rings. The fourth-order valence-corrected chi connectivity index (χ4v) is 4.80. The third-order valence-electron chi connectivity index (χ3n) is 6.82. The van der Waals surface area contributed by atoms with Crippen molar-refractivity contribution in [1.82, 2.24) is 10.2 Å². The number of piperidine rings is 1. The summed E-state index contributed by atoms with van der Waals surface area (Å²) in [4.78, 5) is 27.1. The van der Waals surface area contributed by atoms with Crippen LogP contribution in [0.15, 0.2) is 30.3 Å². The van der Waals surface area contributed by atoms with Crippen molar-refractivity contribution in [2.24, 2.45) is 5.92 Å². The van der Waals surface area contributed by atoms with Crippen LogP contribution < -0.4 is 10.1 Å². The van der Waals surface area contributed by atoms with Gasteiger partial charge in [0.2, 0.25) is 11.8 Å². The topological polar surface area (TPSA) is 97.3 Å². The van der Waals surface area contributed by atoms with Gasteiger partial charge in [-0.1, -0.05) is 18.2 Å². The monoisotopic (exact) mass is 446 g/mol. The number of ether oxygens (including phenoxy) is 3. The summed E-state index contributed by atoms with van der Waals surface area (Å²) in [7, 11) is 0. The number of amides is 2. The van der Waals surface area contributed by atoms with Gasteiger partial charge < -0.3 is 29.5 Å². The molecule has 4 rings (SSSR count). The first-order valence-electron chi connectivity index (χ1n) is 11.7. The number of aliphatic hydroxyl groups is 1. The number of para-hydroxylation sites is 1. The van der Waals surface area contributed by atoms with Crippen molar-refractivity contribution >= 4 is 11.8 Å². The average molecular weight is 447 g/mol. The zero-order chi connectivity index (χ0) is 22.4. The number of nitrogens with one attached hydrogen (secondary N) is 1. The molecule has 2 N–H and O–H groups in total. The number of hydrogen-bond acceptors (Lipinski definition) is 6. The zero-order valence-corrected chi connectivity index (χ0v) is 18.6. The predicted molar refractivity (Wildman–Crippen MR) is 117 cm³/mol. The normalized spacial score (nSPS) is 24.3. The van der Waals surface area contributed by atoms with E-state index < -0.39 is 11.4 Å². The Kier molecular flexibility index (Phi) is 7.33. The molecule has 2 aliphatic heterocycles. The number of carbonyl (C=O) groups excluding carboxylic acids is 2. The molecule has 0 bridgehead atoms. The highest BCUT2D eigenvalue weighted by Gasteiger charge is 2.45. The van der Waals surface area contributed by atoms with Crippen molar-refractivity contribution in [3.63, 3.8) is 0 Å². The summed E-state index contributed by atoms with van der Waals surface area (Å²) >= 11 is 0. The fraction of sp³-hybridized carbons (Fsp3) is 0.667. The van der Waals surface area contributed by atoms with Crippen LogP contribution in [0.5, 0.6) is 5.75 Å². The van der Waals surface area contributed by atoms with Crippen LogP contribution in [0.25, 0.3) is 0 Å². The molecule has 1 atom stereocenters. The molecule has 3 fully saturated rings. The summed E-state index contributed by atoms with van der Waals surface area (Å²) in [5.74, 6) is -0.127. The van der Waals surface area contributed by atoms with Crippen molar-refractivity contribution < 1.29 is 28.9 Å². The van der Waals surface area contributed by atoms with Gasteiger partial charge in [0, 0.05) is 32.5 Å². The summed E-state index contributed by atoms with van der Waals surface area (Å²) in [6.07, 6.45) is 4.17. The molecule has 2 saturated heterocycles. The van der Waals surface area contributed by atoms with Gasteiger partial charge in [0.1, 0.15) is 5.75 Å². The van der Waals surface area contributed by atoms with E-state index in [1.165, 1.54) is 0 Å². The van der Waals surface area contributed by atoms with Crippen LogP contribution in [0.3, 0.4) is 0 Å². The maximum Gasteiger partial charge on any atom is 0.226 e. The number of hydrogen-bond donors (Lipinski definition) is 2. The smallest absolute Gasteiger partial charge is 0.226 e. The van der Waals surface area contributed by atoms with Gasteiger partial charge in [-0.3, -0.25) is 9.59 Å². The summed E-state index contributed by atoms with van der Waals surface area (Å²) in [5.41, 5.74) is -0.935. The highest BCUT2D eigenvalue weighted by atomic mass is 16.7. The lowest BCUT2D eigenvalue weighted by atomic mass is 9.81. The van der Waals surface area contributed by atoms with E-state index in [1.807, 2.05) is 30.3 Å². The van der Waals surface area contributed by atoms with Crippen LogP contribution in [0.1, 0.15) is 44.9 Å². The first-order chi connectivity index (χ1) is 15.5. The van der Waals surface area contributed by atoms with Crippen LogP contribution in [0, 0.1) is 5.92 Å². The van der Waals surface area contributed by atoms with E-state index in [0.29, 0.717) is 58.6 Å². The third-order valence-corrected chi connectivity index (χ3v) is 6.82. The van der Waals surface area contributed by atoms with E-state index in [1.54, 1.807) is 4.90 Å². The van der Waals surface area contributed by atoms with Gasteiger partial charge in [-0.15, -0.1) is 0 Å². The highest BCUT2D eigenvalue weighted by Crippen LogP contribution is 2.40. The largest absolute Gasteiger partial charge is 0.493 e. The lowest BCUT2D eigenvalue weighted by molar-refractivity contribution is -0.201. The Bertz CT molecular complexity index is 770. The molecular weight excluding hydrogens is 412 g/mol. The molecule has 0 aromatic heterocycles. The molecule has 1 aliphatic carbocycles.